The Bertz CT molecular complexity index is 839. The van der Waals surface area contributed by atoms with E-state index in [1.165, 1.54) is 29.4 Å². The number of aliphatic hydroxyl groups excluding tert-OH is 1. The van der Waals surface area contributed by atoms with E-state index in [0.717, 1.165) is 0 Å². The summed E-state index contributed by atoms with van der Waals surface area (Å²) in [7, 11) is 1.56. The van der Waals surface area contributed by atoms with Crippen molar-refractivity contribution in [2.75, 3.05) is 20.3 Å². The zero-order chi connectivity index (χ0) is 18.7. The van der Waals surface area contributed by atoms with Crippen LogP contribution in [0.1, 0.15) is 28.6 Å². The van der Waals surface area contributed by atoms with Crippen LogP contribution in [0.25, 0.3) is 0 Å². The van der Waals surface area contributed by atoms with Crippen molar-refractivity contribution in [1.82, 2.24) is 4.90 Å². The van der Waals surface area contributed by atoms with Crippen molar-refractivity contribution >= 4 is 11.7 Å². The van der Waals surface area contributed by atoms with Gasteiger partial charge in [0.05, 0.1) is 17.9 Å². The molecule has 1 aliphatic rings. The van der Waals surface area contributed by atoms with Gasteiger partial charge in [-0.25, -0.2) is 0 Å². The molecule has 2 heterocycles. The van der Waals surface area contributed by atoms with Crippen LogP contribution in [0.3, 0.4) is 0 Å². The van der Waals surface area contributed by atoms with Gasteiger partial charge in [0.25, 0.3) is 5.91 Å². The number of rotatable bonds is 7. The van der Waals surface area contributed by atoms with Crippen LogP contribution in [0.5, 0.6) is 5.75 Å². The summed E-state index contributed by atoms with van der Waals surface area (Å²) in [5, 5.41) is 20.2. The first-order valence-corrected chi connectivity index (χ1v) is 8.14. The predicted molar refractivity (Wildman–Crippen MR) is 91.7 cm³/mol. The molecule has 136 valence electrons. The van der Waals surface area contributed by atoms with E-state index in [9.17, 15) is 19.8 Å². The van der Waals surface area contributed by atoms with Gasteiger partial charge in [0.2, 0.25) is 5.78 Å². The van der Waals surface area contributed by atoms with Crippen LogP contribution in [0.2, 0.25) is 0 Å². The molecule has 0 fully saturated rings. The molecule has 2 N–H and O–H groups in total. The first-order valence-electron chi connectivity index (χ1n) is 8.14. The van der Waals surface area contributed by atoms with Crippen LogP contribution in [-0.4, -0.2) is 47.1 Å². The molecule has 1 unspecified atom stereocenters. The molecule has 26 heavy (non-hydrogen) atoms. The number of phenols is 1. The Kier molecular flexibility index (Phi) is 5.09. The fourth-order valence-electron chi connectivity index (χ4n) is 3.08. The lowest BCUT2D eigenvalue weighted by Crippen LogP contribution is -2.32. The second-order valence-electron chi connectivity index (χ2n) is 5.91. The van der Waals surface area contributed by atoms with Gasteiger partial charge in [-0.2, -0.15) is 0 Å². The Labute approximate surface area is 150 Å². The fraction of sp³-hybridized carbons (Fsp3) is 0.263. The molecule has 3 rings (SSSR count). The monoisotopic (exact) mass is 357 g/mol. The lowest BCUT2D eigenvalue weighted by molar-refractivity contribution is -0.129. The number of nitrogens with zero attached hydrogens (tertiary/aromatic N) is 1. The summed E-state index contributed by atoms with van der Waals surface area (Å²) in [6, 6.07) is 8.48. The number of carbonyl (C=O) groups excluding carboxylic acids is 2. The minimum atomic E-state index is -0.816. The lowest BCUT2D eigenvalue weighted by Gasteiger charge is -2.26. The molecule has 1 aromatic carbocycles. The average Bonchev–Trinajstić information content (AvgIpc) is 3.24. The molecule has 0 spiro atoms. The van der Waals surface area contributed by atoms with E-state index in [2.05, 4.69) is 0 Å². The van der Waals surface area contributed by atoms with Crippen LogP contribution >= 0.6 is 0 Å². The molecule has 0 saturated carbocycles. The number of carbonyl (C=O) groups is 2. The Morgan fingerprint density at radius 3 is 2.73 bits per heavy atom. The van der Waals surface area contributed by atoms with Crippen LogP contribution in [0, 0.1) is 0 Å². The van der Waals surface area contributed by atoms with Gasteiger partial charge in [-0.1, -0.05) is 12.1 Å². The maximum atomic E-state index is 12.8. The molecule has 7 heteroatoms. The standard InChI is InChI=1S/C19H19NO6/c1-25-9-4-8-20-16(12-5-2-6-13(21)11-12)15(18(23)19(20)24)17(22)14-7-3-10-26-14/h2-3,5-7,10-11,16,21,23H,4,8-9H2,1H3. The molecular weight excluding hydrogens is 338 g/mol. The van der Waals surface area contributed by atoms with Gasteiger partial charge in [0.15, 0.2) is 11.5 Å². The number of ether oxygens (including phenoxy) is 1. The second-order valence-corrected chi connectivity index (χ2v) is 5.91. The summed E-state index contributed by atoms with van der Waals surface area (Å²) in [5.74, 6) is -1.77. The molecule has 0 radical (unpaired) electrons. The summed E-state index contributed by atoms with van der Waals surface area (Å²) in [4.78, 5) is 26.8. The topological polar surface area (TPSA) is 100 Å². The number of phenolic OH excluding ortho intramolecular Hbond substituents is 1. The van der Waals surface area contributed by atoms with Crippen molar-refractivity contribution in [3.63, 3.8) is 0 Å². The van der Waals surface area contributed by atoms with Crippen molar-refractivity contribution in [1.29, 1.82) is 0 Å². The van der Waals surface area contributed by atoms with Crippen LogP contribution in [0.15, 0.2) is 58.4 Å². The highest BCUT2D eigenvalue weighted by Gasteiger charge is 2.44. The quantitative estimate of drug-likeness (QED) is 0.584. The van der Waals surface area contributed by atoms with Gasteiger partial charge in [0.1, 0.15) is 5.75 Å². The molecule has 0 bridgehead atoms. The number of aliphatic hydroxyl groups is 1. The molecule has 1 aliphatic heterocycles. The average molecular weight is 357 g/mol. The molecule has 1 amide bonds. The zero-order valence-electron chi connectivity index (χ0n) is 14.2. The van der Waals surface area contributed by atoms with Crippen molar-refractivity contribution in [2.24, 2.45) is 0 Å². The van der Waals surface area contributed by atoms with Gasteiger partial charge in [-0.3, -0.25) is 9.59 Å². The third-order valence-electron chi connectivity index (χ3n) is 4.23. The van der Waals surface area contributed by atoms with E-state index in [1.54, 1.807) is 25.3 Å². The summed E-state index contributed by atoms with van der Waals surface area (Å²) < 4.78 is 10.2. The maximum Gasteiger partial charge on any atom is 0.290 e. The van der Waals surface area contributed by atoms with E-state index in [4.69, 9.17) is 9.15 Å². The number of Topliss-reactive ketones (excluding diaryl/α,β-unsaturated/α-hetero) is 1. The lowest BCUT2D eigenvalue weighted by atomic mass is 9.95. The normalized spacial score (nSPS) is 17.2. The third-order valence-corrected chi connectivity index (χ3v) is 4.23. The first kappa shape index (κ1) is 17.8. The molecular formula is C19H19NO6. The third kappa shape index (κ3) is 3.21. The number of hydrogen-bond donors (Lipinski definition) is 2. The summed E-state index contributed by atoms with van der Waals surface area (Å²) in [5.41, 5.74) is 0.461. The van der Waals surface area contributed by atoms with Crippen LogP contribution in [0.4, 0.5) is 0 Å². The van der Waals surface area contributed by atoms with Gasteiger partial charge >= 0.3 is 0 Å². The highest BCUT2D eigenvalue weighted by atomic mass is 16.5. The Morgan fingerprint density at radius 1 is 1.27 bits per heavy atom. The van der Waals surface area contributed by atoms with Crippen molar-refractivity contribution < 1.29 is 29.0 Å². The number of amides is 1. The number of benzene rings is 1. The Balaban J connectivity index is 2.04. The maximum absolute atomic E-state index is 12.8. The number of methoxy groups -OCH3 is 1. The summed E-state index contributed by atoms with van der Waals surface area (Å²) in [6.45, 7) is 0.713. The van der Waals surface area contributed by atoms with E-state index in [-0.39, 0.29) is 23.6 Å². The highest BCUT2D eigenvalue weighted by Crippen LogP contribution is 2.39. The SMILES string of the molecule is COCCCN1C(=O)C(O)=C(C(=O)c2ccco2)C1c1cccc(O)c1. The molecule has 0 saturated heterocycles. The van der Waals surface area contributed by atoms with Crippen molar-refractivity contribution in [3.8, 4) is 5.75 Å². The number of furan rings is 1. The molecule has 7 nitrogen and oxygen atoms in total. The smallest absolute Gasteiger partial charge is 0.290 e. The molecule has 1 aromatic heterocycles. The first-order chi connectivity index (χ1) is 12.5. The largest absolute Gasteiger partial charge is 0.508 e. The number of ketones is 1. The number of hydrogen-bond acceptors (Lipinski definition) is 6. The summed E-state index contributed by atoms with van der Waals surface area (Å²) >= 11 is 0. The van der Waals surface area contributed by atoms with Crippen LogP contribution < -0.4 is 0 Å². The van der Waals surface area contributed by atoms with E-state index >= 15 is 0 Å². The van der Waals surface area contributed by atoms with Crippen LogP contribution in [-0.2, 0) is 9.53 Å². The molecule has 1 atom stereocenters. The molecule has 2 aromatic rings. The van der Waals surface area contributed by atoms with Gasteiger partial charge in [0, 0.05) is 20.3 Å². The van der Waals surface area contributed by atoms with E-state index in [0.29, 0.717) is 18.6 Å². The Hall–Kier alpha value is -3.06. The van der Waals surface area contributed by atoms with E-state index in [1.807, 2.05) is 0 Å². The Morgan fingerprint density at radius 2 is 2.08 bits per heavy atom. The fourth-order valence-corrected chi connectivity index (χ4v) is 3.08. The highest BCUT2D eigenvalue weighted by molar-refractivity contribution is 6.15. The summed E-state index contributed by atoms with van der Waals surface area (Å²) in [6.07, 6.45) is 1.88. The predicted octanol–water partition coefficient (Wildman–Crippen LogP) is 2.60. The van der Waals surface area contributed by atoms with Gasteiger partial charge < -0.3 is 24.3 Å². The minimum absolute atomic E-state index is 0.00276. The second kappa shape index (κ2) is 7.45. The number of aromatic hydroxyl groups is 1. The van der Waals surface area contributed by atoms with Crippen molar-refractivity contribution in [3.05, 3.63) is 65.3 Å². The van der Waals surface area contributed by atoms with Crippen molar-refractivity contribution in [2.45, 2.75) is 12.5 Å². The van der Waals surface area contributed by atoms with Gasteiger partial charge in [-0.15, -0.1) is 0 Å². The zero-order valence-corrected chi connectivity index (χ0v) is 14.2. The van der Waals surface area contributed by atoms with E-state index < -0.39 is 23.5 Å². The minimum Gasteiger partial charge on any atom is -0.508 e. The molecule has 0 aliphatic carbocycles. The van der Waals surface area contributed by atoms with Gasteiger partial charge in [-0.05, 0) is 36.2 Å².